The summed E-state index contributed by atoms with van der Waals surface area (Å²) in [5, 5.41) is 15.0. The summed E-state index contributed by atoms with van der Waals surface area (Å²) >= 11 is 0. The molecule has 0 aliphatic heterocycles. The molecule has 6 heteroatoms. The molecule has 0 bridgehead atoms. The molecule has 0 aliphatic carbocycles. The molecular weight excluding hydrogens is 338 g/mol. The monoisotopic (exact) mass is 357 g/mol. The summed E-state index contributed by atoms with van der Waals surface area (Å²) in [6, 6.07) is 18.5. The van der Waals surface area contributed by atoms with Crippen LogP contribution in [0.25, 0.3) is 0 Å². The van der Waals surface area contributed by atoms with Crippen LogP contribution in [0.2, 0.25) is 0 Å². The van der Waals surface area contributed by atoms with Gasteiger partial charge >= 0.3 is 0 Å². The zero-order chi connectivity index (χ0) is 19.2. The van der Waals surface area contributed by atoms with Gasteiger partial charge in [-0.1, -0.05) is 38.1 Å². The van der Waals surface area contributed by atoms with E-state index in [1.54, 1.807) is 30.3 Å². The Morgan fingerprint density at radius 2 is 1.81 bits per heavy atom. The maximum absolute atomic E-state index is 12.5. The first-order chi connectivity index (χ1) is 13.1. The molecule has 1 heterocycles. The van der Waals surface area contributed by atoms with Gasteiger partial charge in [-0.05, 0) is 35.7 Å². The van der Waals surface area contributed by atoms with Crippen molar-refractivity contribution in [2.45, 2.75) is 19.8 Å². The number of nitrogens with one attached hydrogen (secondary N) is 2. The molecule has 0 saturated heterocycles. The maximum atomic E-state index is 12.5. The van der Waals surface area contributed by atoms with E-state index in [-0.39, 0.29) is 5.69 Å². The van der Waals surface area contributed by atoms with E-state index in [0.29, 0.717) is 23.0 Å². The summed E-state index contributed by atoms with van der Waals surface area (Å²) in [6.45, 7) is 4.28. The van der Waals surface area contributed by atoms with Crippen molar-refractivity contribution in [3.8, 4) is 6.07 Å². The van der Waals surface area contributed by atoms with Crippen LogP contribution in [-0.4, -0.2) is 15.9 Å². The lowest BCUT2D eigenvalue weighted by Gasteiger charge is -2.10. The molecule has 0 spiro atoms. The molecule has 27 heavy (non-hydrogen) atoms. The number of nitrogens with zero attached hydrogens (tertiary/aromatic N) is 3. The SMILES string of the molecule is CC(C)c1ccc(Nc2cc(C(=O)Nc3ccccc3C#N)ncn2)cc1. The van der Waals surface area contributed by atoms with Gasteiger partial charge in [0, 0.05) is 11.8 Å². The molecule has 0 aliphatic rings. The van der Waals surface area contributed by atoms with Crippen molar-refractivity contribution in [1.82, 2.24) is 9.97 Å². The fourth-order valence-electron chi connectivity index (χ4n) is 2.53. The highest BCUT2D eigenvalue weighted by Crippen LogP contribution is 2.20. The van der Waals surface area contributed by atoms with Crippen molar-refractivity contribution in [3.05, 3.63) is 77.7 Å². The second kappa shape index (κ2) is 8.11. The normalized spacial score (nSPS) is 10.3. The largest absolute Gasteiger partial charge is 0.340 e. The lowest BCUT2D eigenvalue weighted by molar-refractivity contribution is 0.102. The Kier molecular flexibility index (Phi) is 5.43. The fraction of sp³-hybridized carbons (Fsp3) is 0.143. The van der Waals surface area contributed by atoms with Gasteiger partial charge < -0.3 is 10.6 Å². The van der Waals surface area contributed by atoms with E-state index in [2.05, 4.69) is 46.6 Å². The van der Waals surface area contributed by atoms with E-state index in [4.69, 9.17) is 5.26 Å². The number of amides is 1. The van der Waals surface area contributed by atoms with Gasteiger partial charge in [0.25, 0.3) is 5.91 Å². The molecule has 1 amide bonds. The van der Waals surface area contributed by atoms with E-state index >= 15 is 0 Å². The summed E-state index contributed by atoms with van der Waals surface area (Å²) in [5.74, 6) is 0.573. The summed E-state index contributed by atoms with van der Waals surface area (Å²) in [5.41, 5.74) is 3.17. The topological polar surface area (TPSA) is 90.7 Å². The molecule has 3 rings (SSSR count). The van der Waals surface area contributed by atoms with Crippen molar-refractivity contribution in [2.75, 3.05) is 10.6 Å². The second-order valence-corrected chi connectivity index (χ2v) is 6.30. The summed E-state index contributed by atoms with van der Waals surface area (Å²) in [4.78, 5) is 20.7. The average molecular weight is 357 g/mol. The van der Waals surface area contributed by atoms with Crippen LogP contribution in [0.3, 0.4) is 0 Å². The Balaban J connectivity index is 1.75. The minimum Gasteiger partial charge on any atom is -0.340 e. The van der Waals surface area contributed by atoms with Crippen molar-refractivity contribution < 1.29 is 4.79 Å². The van der Waals surface area contributed by atoms with E-state index in [0.717, 1.165) is 5.69 Å². The molecule has 2 N–H and O–H groups in total. The van der Waals surface area contributed by atoms with Gasteiger partial charge in [-0.2, -0.15) is 5.26 Å². The molecule has 0 saturated carbocycles. The van der Waals surface area contributed by atoms with Crippen LogP contribution in [0.5, 0.6) is 0 Å². The lowest BCUT2D eigenvalue weighted by atomic mass is 10.0. The van der Waals surface area contributed by atoms with Crippen LogP contribution in [0, 0.1) is 11.3 Å². The van der Waals surface area contributed by atoms with Gasteiger partial charge in [0.2, 0.25) is 0 Å². The first-order valence-corrected chi connectivity index (χ1v) is 8.56. The number of rotatable bonds is 5. The number of nitriles is 1. The summed E-state index contributed by atoms with van der Waals surface area (Å²) in [7, 11) is 0. The molecular formula is C21H19N5O. The Labute approximate surface area is 157 Å². The summed E-state index contributed by atoms with van der Waals surface area (Å²) in [6.07, 6.45) is 1.33. The molecule has 6 nitrogen and oxygen atoms in total. The predicted molar refractivity (Wildman–Crippen MR) is 105 cm³/mol. The van der Waals surface area contributed by atoms with Crippen LogP contribution < -0.4 is 10.6 Å². The number of benzene rings is 2. The van der Waals surface area contributed by atoms with Gasteiger partial charge in [-0.25, -0.2) is 9.97 Å². The molecule has 0 radical (unpaired) electrons. The molecule has 0 atom stereocenters. The first kappa shape index (κ1) is 18.1. The Hall–Kier alpha value is -3.72. The van der Waals surface area contributed by atoms with Crippen LogP contribution in [0.4, 0.5) is 17.2 Å². The van der Waals surface area contributed by atoms with Gasteiger partial charge in [0.15, 0.2) is 0 Å². The van der Waals surface area contributed by atoms with E-state index in [9.17, 15) is 4.79 Å². The number of para-hydroxylation sites is 1. The van der Waals surface area contributed by atoms with E-state index in [1.807, 2.05) is 18.2 Å². The van der Waals surface area contributed by atoms with Gasteiger partial charge in [0.05, 0.1) is 11.3 Å². The van der Waals surface area contributed by atoms with E-state index < -0.39 is 5.91 Å². The van der Waals surface area contributed by atoms with Gasteiger partial charge in [-0.3, -0.25) is 4.79 Å². The zero-order valence-corrected chi connectivity index (χ0v) is 15.1. The number of carbonyl (C=O) groups is 1. The molecule has 0 fully saturated rings. The van der Waals surface area contributed by atoms with Crippen molar-refractivity contribution in [3.63, 3.8) is 0 Å². The highest BCUT2D eigenvalue weighted by molar-refractivity contribution is 6.03. The second-order valence-electron chi connectivity index (χ2n) is 6.30. The van der Waals surface area contributed by atoms with Crippen LogP contribution in [0.15, 0.2) is 60.9 Å². The Morgan fingerprint density at radius 3 is 2.52 bits per heavy atom. The molecule has 134 valence electrons. The minimum atomic E-state index is -0.404. The highest BCUT2D eigenvalue weighted by atomic mass is 16.1. The van der Waals surface area contributed by atoms with Crippen LogP contribution >= 0.6 is 0 Å². The number of carbonyl (C=O) groups excluding carboxylic acids is 1. The molecule has 3 aromatic rings. The third-order valence-corrected chi connectivity index (χ3v) is 4.05. The standard InChI is InChI=1S/C21H19N5O/c1-14(2)15-7-9-17(10-8-15)25-20-11-19(23-13-24-20)21(27)26-18-6-4-3-5-16(18)12-22/h3-11,13-14H,1-2H3,(H,26,27)(H,23,24,25). The molecule has 0 unspecified atom stereocenters. The molecule has 2 aromatic carbocycles. The lowest BCUT2D eigenvalue weighted by Crippen LogP contribution is -2.15. The third-order valence-electron chi connectivity index (χ3n) is 4.05. The Morgan fingerprint density at radius 1 is 1.07 bits per heavy atom. The number of anilines is 3. The average Bonchev–Trinajstić information content (AvgIpc) is 2.69. The van der Waals surface area contributed by atoms with Crippen molar-refractivity contribution >= 4 is 23.1 Å². The number of hydrogen-bond acceptors (Lipinski definition) is 5. The van der Waals surface area contributed by atoms with Crippen molar-refractivity contribution in [2.24, 2.45) is 0 Å². The van der Waals surface area contributed by atoms with E-state index in [1.165, 1.54) is 11.9 Å². The minimum absolute atomic E-state index is 0.207. The van der Waals surface area contributed by atoms with Gasteiger partial charge in [-0.15, -0.1) is 0 Å². The van der Waals surface area contributed by atoms with Crippen molar-refractivity contribution in [1.29, 1.82) is 5.26 Å². The van der Waals surface area contributed by atoms with Crippen LogP contribution in [0.1, 0.15) is 41.4 Å². The fourth-order valence-corrected chi connectivity index (χ4v) is 2.53. The van der Waals surface area contributed by atoms with Gasteiger partial charge in [0.1, 0.15) is 23.9 Å². The smallest absolute Gasteiger partial charge is 0.274 e. The summed E-state index contributed by atoms with van der Waals surface area (Å²) < 4.78 is 0. The number of aromatic nitrogens is 2. The zero-order valence-electron chi connectivity index (χ0n) is 15.1. The first-order valence-electron chi connectivity index (χ1n) is 8.56. The van der Waals surface area contributed by atoms with Crippen LogP contribution in [-0.2, 0) is 0 Å². The maximum Gasteiger partial charge on any atom is 0.274 e. The molecule has 1 aromatic heterocycles. The quantitative estimate of drug-likeness (QED) is 0.703. The Bertz CT molecular complexity index is 990. The highest BCUT2D eigenvalue weighted by Gasteiger charge is 2.11. The number of hydrogen-bond donors (Lipinski definition) is 2. The third kappa shape index (κ3) is 4.47. The predicted octanol–water partition coefficient (Wildman–Crippen LogP) is 4.47.